The highest BCUT2D eigenvalue weighted by atomic mass is 16.5. The number of rotatable bonds is 4. The Labute approximate surface area is 139 Å². The molecule has 1 aliphatic heterocycles. The van der Waals surface area contributed by atoms with Gasteiger partial charge in [-0.1, -0.05) is 35.5 Å². The highest BCUT2D eigenvalue weighted by molar-refractivity contribution is 5.81. The SMILES string of the molecule is Cc1noc(C2CN(C(=O)NCc3ccccc3)CC2C(N)=O)n1. The van der Waals surface area contributed by atoms with Gasteiger partial charge in [-0.2, -0.15) is 4.98 Å². The van der Waals surface area contributed by atoms with E-state index in [2.05, 4.69) is 15.5 Å². The van der Waals surface area contributed by atoms with Crippen LogP contribution in [0.15, 0.2) is 34.9 Å². The fourth-order valence-corrected chi connectivity index (χ4v) is 2.86. The van der Waals surface area contributed by atoms with Crippen molar-refractivity contribution in [3.63, 3.8) is 0 Å². The Morgan fingerprint density at radius 2 is 2.08 bits per heavy atom. The van der Waals surface area contributed by atoms with Gasteiger partial charge in [-0.15, -0.1) is 0 Å². The number of aryl methyl sites for hydroxylation is 1. The van der Waals surface area contributed by atoms with E-state index in [1.807, 2.05) is 30.3 Å². The molecule has 1 fully saturated rings. The molecule has 8 nitrogen and oxygen atoms in total. The van der Waals surface area contributed by atoms with E-state index in [1.54, 1.807) is 11.8 Å². The second-order valence-corrected chi connectivity index (χ2v) is 5.84. The fourth-order valence-electron chi connectivity index (χ4n) is 2.86. The van der Waals surface area contributed by atoms with E-state index in [1.165, 1.54) is 0 Å². The summed E-state index contributed by atoms with van der Waals surface area (Å²) in [5, 5.41) is 6.59. The van der Waals surface area contributed by atoms with Crippen LogP contribution in [0.1, 0.15) is 23.2 Å². The summed E-state index contributed by atoms with van der Waals surface area (Å²) in [6.07, 6.45) is 0. The normalized spacial score (nSPS) is 20.1. The highest BCUT2D eigenvalue weighted by Crippen LogP contribution is 2.31. The van der Waals surface area contributed by atoms with Crippen molar-refractivity contribution in [2.75, 3.05) is 13.1 Å². The maximum atomic E-state index is 12.4. The smallest absolute Gasteiger partial charge is 0.317 e. The van der Waals surface area contributed by atoms with Crippen LogP contribution < -0.4 is 11.1 Å². The number of amides is 3. The van der Waals surface area contributed by atoms with Gasteiger partial charge in [0.2, 0.25) is 11.8 Å². The number of nitrogens with one attached hydrogen (secondary N) is 1. The fraction of sp³-hybridized carbons (Fsp3) is 0.375. The molecular formula is C16H19N5O3. The van der Waals surface area contributed by atoms with Crippen molar-refractivity contribution >= 4 is 11.9 Å². The molecule has 3 N–H and O–H groups in total. The van der Waals surface area contributed by atoms with Crippen LogP contribution in [-0.4, -0.2) is 40.1 Å². The van der Waals surface area contributed by atoms with Gasteiger partial charge in [0.1, 0.15) is 0 Å². The molecule has 0 saturated carbocycles. The van der Waals surface area contributed by atoms with Gasteiger partial charge >= 0.3 is 6.03 Å². The van der Waals surface area contributed by atoms with Crippen LogP contribution in [0, 0.1) is 12.8 Å². The standard InChI is InChI=1S/C16H19N5O3/c1-10-19-15(24-20-10)13-9-21(8-12(13)14(17)22)16(23)18-7-11-5-3-2-4-6-11/h2-6,12-13H,7-9H2,1H3,(H2,17,22)(H,18,23). The molecule has 1 aromatic carbocycles. The number of urea groups is 1. The topological polar surface area (TPSA) is 114 Å². The predicted molar refractivity (Wildman–Crippen MR) is 84.7 cm³/mol. The van der Waals surface area contributed by atoms with Gasteiger partial charge < -0.3 is 20.5 Å². The minimum Gasteiger partial charge on any atom is -0.369 e. The molecule has 2 atom stereocenters. The van der Waals surface area contributed by atoms with Crippen molar-refractivity contribution in [2.45, 2.75) is 19.4 Å². The third-order valence-electron chi connectivity index (χ3n) is 4.12. The number of primary amides is 1. The lowest BCUT2D eigenvalue weighted by molar-refractivity contribution is -0.121. The summed E-state index contributed by atoms with van der Waals surface area (Å²) in [6.45, 7) is 2.67. The number of aromatic nitrogens is 2. The number of nitrogens with two attached hydrogens (primary N) is 1. The summed E-state index contributed by atoms with van der Waals surface area (Å²) < 4.78 is 5.16. The minimum absolute atomic E-state index is 0.238. The average molecular weight is 329 g/mol. The molecule has 0 bridgehead atoms. The molecule has 1 aliphatic rings. The van der Waals surface area contributed by atoms with E-state index in [0.29, 0.717) is 24.8 Å². The van der Waals surface area contributed by atoms with E-state index in [0.717, 1.165) is 5.56 Å². The van der Waals surface area contributed by atoms with Crippen LogP contribution in [-0.2, 0) is 11.3 Å². The number of hydrogen-bond acceptors (Lipinski definition) is 5. The third-order valence-corrected chi connectivity index (χ3v) is 4.12. The van der Waals surface area contributed by atoms with Gasteiger partial charge in [0.05, 0.1) is 11.8 Å². The van der Waals surface area contributed by atoms with Crippen molar-refractivity contribution in [3.8, 4) is 0 Å². The third kappa shape index (κ3) is 3.37. The van der Waals surface area contributed by atoms with Crippen LogP contribution >= 0.6 is 0 Å². The van der Waals surface area contributed by atoms with Gasteiger partial charge in [-0.05, 0) is 12.5 Å². The quantitative estimate of drug-likeness (QED) is 0.860. The van der Waals surface area contributed by atoms with Crippen molar-refractivity contribution in [2.24, 2.45) is 11.7 Å². The molecule has 2 aromatic rings. The van der Waals surface area contributed by atoms with E-state index >= 15 is 0 Å². The van der Waals surface area contributed by atoms with Crippen molar-refractivity contribution in [1.29, 1.82) is 0 Å². The summed E-state index contributed by atoms with van der Waals surface area (Å²) >= 11 is 0. The number of nitrogens with zero attached hydrogens (tertiary/aromatic N) is 3. The molecule has 1 saturated heterocycles. The number of carbonyl (C=O) groups is 2. The largest absolute Gasteiger partial charge is 0.369 e. The predicted octanol–water partition coefficient (Wildman–Crippen LogP) is 0.789. The van der Waals surface area contributed by atoms with Crippen molar-refractivity contribution in [1.82, 2.24) is 20.4 Å². The summed E-state index contributed by atoms with van der Waals surface area (Å²) in [4.78, 5) is 29.8. The van der Waals surface area contributed by atoms with E-state index in [9.17, 15) is 9.59 Å². The first-order valence-electron chi connectivity index (χ1n) is 7.71. The molecule has 126 valence electrons. The molecule has 2 unspecified atom stereocenters. The molecule has 0 spiro atoms. The molecule has 0 radical (unpaired) electrons. The maximum absolute atomic E-state index is 12.4. The van der Waals surface area contributed by atoms with Gasteiger partial charge in [0.25, 0.3) is 0 Å². The first kappa shape index (κ1) is 16.0. The Morgan fingerprint density at radius 3 is 2.71 bits per heavy atom. The first-order valence-corrected chi connectivity index (χ1v) is 7.71. The maximum Gasteiger partial charge on any atom is 0.317 e. The summed E-state index contributed by atoms with van der Waals surface area (Å²) in [5.41, 5.74) is 6.47. The van der Waals surface area contributed by atoms with Gasteiger partial charge in [0.15, 0.2) is 5.82 Å². The van der Waals surface area contributed by atoms with E-state index in [4.69, 9.17) is 10.3 Å². The lowest BCUT2D eigenvalue weighted by Crippen LogP contribution is -2.39. The Hall–Kier alpha value is -2.90. The van der Waals surface area contributed by atoms with Crippen molar-refractivity contribution in [3.05, 3.63) is 47.6 Å². The number of likely N-dealkylation sites (tertiary alicyclic amines) is 1. The Kier molecular flexibility index (Phi) is 4.45. The van der Waals surface area contributed by atoms with Crippen LogP contribution in [0.4, 0.5) is 4.79 Å². The first-order chi connectivity index (χ1) is 11.5. The summed E-state index contributed by atoms with van der Waals surface area (Å²) in [6, 6.07) is 9.35. The molecule has 3 rings (SSSR count). The molecule has 8 heteroatoms. The van der Waals surface area contributed by atoms with Crippen LogP contribution in [0.2, 0.25) is 0 Å². The summed E-state index contributed by atoms with van der Waals surface area (Å²) in [7, 11) is 0. The molecule has 24 heavy (non-hydrogen) atoms. The number of carbonyl (C=O) groups excluding carboxylic acids is 2. The lowest BCUT2D eigenvalue weighted by atomic mass is 9.95. The van der Waals surface area contributed by atoms with Crippen molar-refractivity contribution < 1.29 is 14.1 Å². The monoisotopic (exact) mass is 329 g/mol. The second-order valence-electron chi connectivity index (χ2n) is 5.84. The zero-order valence-corrected chi connectivity index (χ0v) is 13.3. The minimum atomic E-state index is -0.535. The average Bonchev–Trinajstić information content (AvgIpc) is 3.20. The Bertz CT molecular complexity index is 730. The van der Waals surface area contributed by atoms with E-state index in [-0.39, 0.29) is 18.5 Å². The number of hydrogen-bond donors (Lipinski definition) is 2. The van der Waals surface area contributed by atoms with Crippen LogP contribution in [0.5, 0.6) is 0 Å². The zero-order valence-electron chi connectivity index (χ0n) is 13.3. The highest BCUT2D eigenvalue weighted by Gasteiger charge is 2.42. The molecule has 2 heterocycles. The Morgan fingerprint density at radius 1 is 1.33 bits per heavy atom. The zero-order chi connectivity index (χ0) is 17.1. The molecular weight excluding hydrogens is 310 g/mol. The Balaban J connectivity index is 1.66. The molecule has 0 aliphatic carbocycles. The number of benzene rings is 1. The summed E-state index contributed by atoms with van der Waals surface area (Å²) in [5.74, 6) is -0.553. The second kappa shape index (κ2) is 6.69. The lowest BCUT2D eigenvalue weighted by Gasteiger charge is -2.16. The van der Waals surface area contributed by atoms with Crippen LogP contribution in [0.3, 0.4) is 0 Å². The van der Waals surface area contributed by atoms with Gasteiger partial charge in [-0.25, -0.2) is 4.79 Å². The van der Waals surface area contributed by atoms with Gasteiger partial charge in [-0.3, -0.25) is 4.79 Å². The molecule has 3 amide bonds. The van der Waals surface area contributed by atoms with Gasteiger partial charge in [0, 0.05) is 19.6 Å². The molecule has 1 aromatic heterocycles. The van der Waals surface area contributed by atoms with Crippen LogP contribution in [0.25, 0.3) is 0 Å². The van der Waals surface area contributed by atoms with E-state index < -0.39 is 11.8 Å².